The maximum Gasteiger partial charge on any atom is 0.247 e. The van der Waals surface area contributed by atoms with Crippen LogP contribution in [-0.2, 0) is 9.59 Å². The normalized spacial score (nSPS) is 16.0. The lowest BCUT2D eigenvalue weighted by Crippen LogP contribution is -2.45. The lowest BCUT2D eigenvalue weighted by Gasteiger charge is -2.24. The molecule has 6 nitrogen and oxygen atoms in total. The van der Waals surface area contributed by atoms with E-state index in [1.165, 1.54) is 0 Å². The molecule has 2 N–H and O–H groups in total. The van der Waals surface area contributed by atoms with Crippen LogP contribution >= 0.6 is 0 Å². The Bertz CT molecular complexity index is 812. The second kappa shape index (κ2) is 8.17. The molecule has 26 heavy (non-hydrogen) atoms. The zero-order valence-electron chi connectivity index (χ0n) is 14.3. The molecule has 0 saturated carbocycles. The molecule has 0 unspecified atom stereocenters. The number of rotatable bonds is 5. The van der Waals surface area contributed by atoms with Crippen molar-refractivity contribution in [1.29, 1.82) is 5.26 Å². The fraction of sp³-hybridized carbons (Fsp3) is 0.250. The Hall–Kier alpha value is -3.33. The van der Waals surface area contributed by atoms with Crippen LogP contribution in [0.15, 0.2) is 54.6 Å². The molecule has 0 spiro atoms. The molecule has 1 fully saturated rings. The van der Waals surface area contributed by atoms with Crippen LogP contribution in [0, 0.1) is 11.3 Å². The van der Waals surface area contributed by atoms with Crippen molar-refractivity contribution in [1.82, 2.24) is 4.90 Å². The zero-order chi connectivity index (χ0) is 18.4. The van der Waals surface area contributed by atoms with Gasteiger partial charge in [0.2, 0.25) is 11.8 Å². The molecule has 6 heteroatoms. The Morgan fingerprint density at radius 1 is 1.08 bits per heavy atom. The molecule has 1 aliphatic rings. The summed E-state index contributed by atoms with van der Waals surface area (Å²) in [7, 11) is 0. The number of benzene rings is 2. The van der Waals surface area contributed by atoms with E-state index in [4.69, 9.17) is 5.26 Å². The maximum absolute atomic E-state index is 12.5. The maximum atomic E-state index is 12.5. The number of nitriles is 1. The highest BCUT2D eigenvalue weighted by Gasteiger charge is 2.33. The van der Waals surface area contributed by atoms with Gasteiger partial charge in [-0.2, -0.15) is 5.26 Å². The van der Waals surface area contributed by atoms with Crippen LogP contribution in [-0.4, -0.2) is 35.8 Å². The molecule has 1 heterocycles. The number of amides is 2. The van der Waals surface area contributed by atoms with Gasteiger partial charge in [0.05, 0.1) is 18.2 Å². The van der Waals surface area contributed by atoms with Crippen LogP contribution < -0.4 is 10.6 Å². The first-order valence-corrected chi connectivity index (χ1v) is 8.57. The molecule has 1 saturated heterocycles. The summed E-state index contributed by atoms with van der Waals surface area (Å²) in [6.45, 7) is 0.696. The van der Waals surface area contributed by atoms with E-state index in [9.17, 15) is 9.59 Å². The lowest BCUT2D eigenvalue weighted by atomic mass is 10.2. The average Bonchev–Trinajstić information content (AvgIpc) is 3.17. The minimum absolute atomic E-state index is 0.111. The summed E-state index contributed by atoms with van der Waals surface area (Å²) < 4.78 is 0. The molecule has 0 radical (unpaired) electrons. The van der Waals surface area contributed by atoms with Crippen LogP contribution in [0.3, 0.4) is 0 Å². The highest BCUT2D eigenvalue weighted by molar-refractivity contribution is 5.98. The van der Waals surface area contributed by atoms with Crippen molar-refractivity contribution in [3.63, 3.8) is 0 Å². The van der Waals surface area contributed by atoms with Crippen molar-refractivity contribution >= 4 is 23.2 Å². The van der Waals surface area contributed by atoms with Gasteiger partial charge in [-0.05, 0) is 49.2 Å². The fourth-order valence-corrected chi connectivity index (χ4v) is 3.03. The molecule has 3 rings (SSSR count). The molecular formula is C20H20N4O2. The van der Waals surface area contributed by atoms with E-state index in [0.717, 1.165) is 17.8 Å². The number of anilines is 2. The minimum Gasteiger partial charge on any atom is -0.376 e. The fourth-order valence-electron chi connectivity index (χ4n) is 3.03. The van der Waals surface area contributed by atoms with E-state index in [-0.39, 0.29) is 18.4 Å². The van der Waals surface area contributed by atoms with Gasteiger partial charge >= 0.3 is 0 Å². The number of hydrogen-bond donors (Lipinski definition) is 2. The molecular weight excluding hydrogens is 328 g/mol. The van der Waals surface area contributed by atoms with E-state index >= 15 is 0 Å². The second-order valence-electron chi connectivity index (χ2n) is 6.14. The van der Waals surface area contributed by atoms with Gasteiger partial charge in [-0.1, -0.05) is 18.2 Å². The zero-order valence-corrected chi connectivity index (χ0v) is 14.3. The summed E-state index contributed by atoms with van der Waals surface area (Å²) >= 11 is 0. The number of para-hydroxylation sites is 1. The van der Waals surface area contributed by atoms with Gasteiger partial charge in [0.25, 0.3) is 0 Å². The smallest absolute Gasteiger partial charge is 0.247 e. The van der Waals surface area contributed by atoms with Crippen LogP contribution in [0.5, 0.6) is 0 Å². The summed E-state index contributed by atoms with van der Waals surface area (Å²) in [5.74, 6) is -0.263. The molecule has 1 atom stereocenters. The molecule has 2 aromatic rings. The van der Waals surface area contributed by atoms with Gasteiger partial charge in [0.15, 0.2) is 0 Å². The summed E-state index contributed by atoms with van der Waals surface area (Å²) in [6, 6.07) is 17.8. The van der Waals surface area contributed by atoms with Crippen molar-refractivity contribution in [2.75, 3.05) is 23.7 Å². The first-order chi connectivity index (χ1) is 12.7. The van der Waals surface area contributed by atoms with Crippen LogP contribution in [0.25, 0.3) is 0 Å². The number of carbonyl (C=O) groups excluding carboxylic acids is 2. The van der Waals surface area contributed by atoms with Crippen LogP contribution in [0.2, 0.25) is 0 Å². The molecule has 0 aromatic heterocycles. The van der Waals surface area contributed by atoms with Crippen LogP contribution in [0.4, 0.5) is 11.4 Å². The average molecular weight is 348 g/mol. The Morgan fingerprint density at radius 3 is 2.50 bits per heavy atom. The number of nitrogens with one attached hydrogen (secondary N) is 2. The topological polar surface area (TPSA) is 85.2 Å². The third-order valence-electron chi connectivity index (χ3n) is 4.37. The Balaban J connectivity index is 1.57. The summed E-state index contributed by atoms with van der Waals surface area (Å²) in [4.78, 5) is 26.7. The van der Waals surface area contributed by atoms with Crippen LogP contribution in [0.1, 0.15) is 18.4 Å². The summed E-state index contributed by atoms with van der Waals surface area (Å²) in [6.07, 6.45) is 1.48. The number of likely N-dealkylation sites (tertiary alicyclic amines) is 1. The standard InChI is InChI=1S/C20H20N4O2/c21-13-15-8-10-16(11-9-15)22-14-19(25)24-12-4-7-18(24)20(26)23-17-5-2-1-3-6-17/h1-3,5-6,8-11,18,22H,4,7,12,14H2,(H,23,26)/t18-/m1/s1. The molecule has 0 aliphatic carbocycles. The molecule has 2 aromatic carbocycles. The molecule has 2 amide bonds. The van der Waals surface area contributed by atoms with Gasteiger partial charge in [-0.3, -0.25) is 9.59 Å². The van der Waals surface area contributed by atoms with E-state index in [0.29, 0.717) is 18.5 Å². The first kappa shape index (κ1) is 17.5. The van der Waals surface area contributed by atoms with Crippen molar-refractivity contribution in [3.05, 3.63) is 60.2 Å². The Morgan fingerprint density at radius 2 is 1.81 bits per heavy atom. The van der Waals surface area contributed by atoms with E-state index < -0.39 is 6.04 Å². The quantitative estimate of drug-likeness (QED) is 0.870. The minimum atomic E-state index is -0.439. The molecule has 1 aliphatic heterocycles. The number of carbonyl (C=O) groups is 2. The Labute approximate surface area is 152 Å². The number of nitrogens with zero attached hydrogens (tertiary/aromatic N) is 2. The van der Waals surface area contributed by atoms with E-state index in [1.807, 2.05) is 30.3 Å². The number of hydrogen-bond acceptors (Lipinski definition) is 4. The Kier molecular flexibility index (Phi) is 5.49. The van der Waals surface area contributed by atoms with E-state index in [2.05, 4.69) is 16.7 Å². The molecule has 132 valence electrons. The predicted octanol–water partition coefficient (Wildman–Crippen LogP) is 2.60. The third kappa shape index (κ3) is 4.19. The van der Waals surface area contributed by atoms with Crippen molar-refractivity contribution in [2.24, 2.45) is 0 Å². The van der Waals surface area contributed by atoms with Crippen molar-refractivity contribution < 1.29 is 9.59 Å². The molecule has 0 bridgehead atoms. The largest absolute Gasteiger partial charge is 0.376 e. The van der Waals surface area contributed by atoms with E-state index in [1.54, 1.807) is 29.2 Å². The van der Waals surface area contributed by atoms with Gasteiger partial charge in [0.1, 0.15) is 6.04 Å². The SMILES string of the molecule is N#Cc1ccc(NCC(=O)N2CCC[C@@H]2C(=O)Nc2ccccc2)cc1. The summed E-state index contributed by atoms with van der Waals surface area (Å²) in [5.41, 5.74) is 2.06. The monoisotopic (exact) mass is 348 g/mol. The van der Waals surface area contributed by atoms with Gasteiger partial charge in [0, 0.05) is 17.9 Å². The van der Waals surface area contributed by atoms with Gasteiger partial charge in [-0.15, -0.1) is 0 Å². The first-order valence-electron chi connectivity index (χ1n) is 8.57. The van der Waals surface area contributed by atoms with Crippen molar-refractivity contribution in [2.45, 2.75) is 18.9 Å². The van der Waals surface area contributed by atoms with Gasteiger partial charge in [-0.25, -0.2) is 0 Å². The highest BCUT2D eigenvalue weighted by Crippen LogP contribution is 2.20. The predicted molar refractivity (Wildman–Crippen MR) is 99.5 cm³/mol. The summed E-state index contributed by atoms with van der Waals surface area (Å²) in [5, 5.41) is 14.7. The lowest BCUT2D eigenvalue weighted by molar-refractivity contribution is -0.135. The second-order valence-corrected chi connectivity index (χ2v) is 6.14. The van der Waals surface area contributed by atoms with Gasteiger partial charge < -0.3 is 15.5 Å². The van der Waals surface area contributed by atoms with Crippen molar-refractivity contribution in [3.8, 4) is 6.07 Å². The third-order valence-corrected chi connectivity index (χ3v) is 4.37. The highest BCUT2D eigenvalue weighted by atomic mass is 16.2.